The van der Waals surface area contributed by atoms with Crippen molar-refractivity contribution in [1.82, 2.24) is 20.5 Å². The lowest BCUT2D eigenvalue weighted by Crippen LogP contribution is -2.47. The highest BCUT2D eigenvalue weighted by molar-refractivity contribution is 5.89. The molecule has 0 spiro atoms. The van der Waals surface area contributed by atoms with Crippen molar-refractivity contribution in [3.05, 3.63) is 67.2 Å². The van der Waals surface area contributed by atoms with E-state index in [2.05, 4.69) is 27.1 Å². The fourth-order valence-corrected chi connectivity index (χ4v) is 4.11. The smallest absolute Gasteiger partial charge is 0.126 e. The SMILES string of the molecule is C=C(c1ccc(-c2cc3ccncc3cc2O)nn1)[C@H]1C[C@@H]2C=C[C@@H](N2)[C@@H]1F. The van der Waals surface area contributed by atoms with Crippen LogP contribution in [0.4, 0.5) is 4.39 Å². The second kappa shape index (κ2) is 6.49. The molecule has 2 aromatic heterocycles. The summed E-state index contributed by atoms with van der Waals surface area (Å²) in [5, 5.41) is 24.0. The molecular weight excluding hydrogens is 355 g/mol. The first-order valence-electron chi connectivity index (χ1n) is 9.28. The first kappa shape index (κ1) is 17.0. The van der Waals surface area contributed by atoms with E-state index in [4.69, 9.17) is 0 Å². The van der Waals surface area contributed by atoms with Crippen molar-refractivity contribution >= 4 is 16.3 Å². The highest BCUT2D eigenvalue weighted by Crippen LogP contribution is 2.37. The minimum absolute atomic E-state index is 0.117. The number of pyridine rings is 1. The molecule has 28 heavy (non-hydrogen) atoms. The van der Waals surface area contributed by atoms with Gasteiger partial charge in [0.05, 0.1) is 17.4 Å². The van der Waals surface area contributed by atoms with E-state index < -0.39 is 6.17 Å². The predicted molar refractivity (Wildman–Crippen MR) is 106 cm³/mol. The Kier molecular flexibility index (Phi) is 3.94. The van der Waals surface area contributed by atoms with E-state index in [1.54, 1.807) is 30.6 Å². The Morgan fingerprint density at radius 1 is 1.14 bits per heavy atom. The first-order chi connectivity index (χ1) is 13.6. The Bertz CT molecular complexity index is 1100. The van der Waals surface area contributed by atoms with Crippen LogP contribution >= 0.6 is 0 Å². The molecule has 140 valence electrons. The third-order valence-corrected chi connectivity index (χ3v) is 5.66. The van der Waals surface area contributed by atoms with E-state index in [1.807, 2.05) is 24.3 Å². The number of nitrogens with zero attached hydrogens (tertiary/aromatic N) is 3. The summed E-state index contributed by atoms with van der Waals surface area (Å²) in [7, 11) is 0. The van der Waals surface area contributed by atoms with Crippen LogP contribution in [0.2, 0.25) is 0 Å². The molecule has 1 fully saturated rings. The summed E-state index contributed by atoms with van der Waals surface area (Å²) in [6.07, 6.45) is 6.97. The van der Waals surface area contributed by atoms with Crippen LogP contribution < -0.4 is 5.32 Å². The number of halogens is 1. The van der Waals surface area contributed by atoms with E-state index in [0.717, 1.165) is 10.8 Å². The number of phenols is 1. The third kappa shape index (κ3) is 2.77. The number of fused-ring (bicyclic) bond motifs is 3. The number of piperidine rings is 1. The summed E-state index contributed by atoms with van der Waals surface area (Å²) in [6, 6.07) is 8.92. The summed E-state index contributed by atoms with van der Waals surface area (Å²) in [5.41, 5.74) is 2.40. The highest BCUT2D eigenvalue weighted by atomic mass is 19.1. The maximum Gasteiger partial charge on any atom is 0.126 e. The molecule has 4 atom stereocenters. The quantitative estimate of drug-likeness (QED) is 0.685. The predicted octanol–water partition coefficient (Wildman–Crippen LogP) is 3.67. The van der Waals surface area contributed by atoms with Crippen LogP contribution in [0.15, 0.2) is 61.5 Å². The molecule has 4 heterocycles. The van der Waals surface area contributed by atoms with Crippen molar-refractivity contribution in [1.29, 1.82) is 0 Å². The lowest BCUT2D eigenvalue weighted by atomic mass is 9.83. The van der Waals surface area contributed by atoms with Crippen LogP contribution in [-0.4, -0.2) is 38.5 Å². The summed E-state index contributed by atoms with van der Waals surface area (Å²) < 4.78 is 14.8. The number of allylic oxidation sites excluding steroid dienone is 1. The Balaban J connectivity index is 1.43. The van der Waals surface area contributed by atoms with Gasteiger partial charge in [-0.2, -0.15) is 5.10 Å². The molecule has 2 aliphatic rings. The molecule has 5 rings (SSSR count). The zero-order chi connectivity index (χ0) is 19.3. The van der Waals surface area contributed by atoms with Crippen molar-refractivity contribution in [2.24, 2.45) is 5.92 Å². The zero-order valence-corrected chi connectivity index (χ0v) is 15.1. The lowest BCUT2D eigenvalue weighted by molar-refractivity contribution is 0.179. The van der Waals surface area contributed by atoms with E-state index in [1.165, 1.54) is 0 Å². The molecule has 1 aromatic carbocycles. The third-order valence-electron chi connectivity index (χ3n) is 5.66. The molecule has 3 aromatic rings. The van der Waals surface area contributed by atoms with E-state index >= 15 is 0 Å². The number of hydrogen-bond donors (Lipinski definition) is 2. The van der Waals surface area contributed by atoms with Gasteiger partial charge in [-0.15, -0.1) is 5.10 Å². The fourth-order valence-electron chi connectivity index (χ4n) is 4.11. The molecular formula is C22H19FN4O. The van der Waals surface area contributed by atoms with Crippen LogP contribution in [0.3, 0.4) is 0 Å². The second-order valence-electron chi connectivity index (χ2n) is 7.39. The van der Waals surface area contributed by atoms with Crippen LogP contribution in [-0.2, 0) is 0 Å². The number of benzene rings is 1. The minimum Gasteiger partial charge on any atom is -0.507 e. The molecule has 1 saturated heterocycles. The molecule has 0 unspecified atom stereocenters. The van der Waals surface area contributed by atoms with Crippen LogP contribution in [0.25, 0.3) is 27.6 Å². The van der Waals surface area contributed by atoms with Gasteiger partial charge in [0.2, 0.25) is 0 Å². The van der Waals surface area contributed by atoms with Crippen molar-refractivity contribution in [3.63, 3.8) is 0 Å². The number of aromatic hydroxyl groups is 1. The van der Waals surface area contributed by atoms with Crippen molar-refractivity contribution in [2.45, 2.75) is 24.7 Å². The molecule has 0 saturated carbocycles. The van der Waals surface area contributed by atoms with Gasteiger partial charge in [0.15, 0.2) is 0 Å². The molecule has 0 radical (unpaired) electrons. The van der Waals surface area contributed by atoms with Gasteiger partial charge in [0, 0.05) is 35.3 Å². The lowest BCUT2D eigenvalue weighted by Gasteiger charge is -2.33. The molecule has 2 aliphatic heterocycles. The van der Waals surface area contributed by atoms with E-state index in [-0.39, 0.29) is 23.8 Å². The largest absolute Gasteiger partial charge is 0.507 e. The Hall–Kier alpha value is -3.12. The number of nitrogens with one attached hydrogen (secondary N) is 1. The van der Waals surface area contributed by atoms with E-state index in [0.29, 0.717) is 28.9 Å². The fraction of sp³-hybridized carbons (Fsp3) is 0.227. The standard InChI is InChI=1S/C22H19FN4O/c1-12(16-10-15-2-3-20(25-15)22(16)23)18-4-5-19(27-26-18)17-8-13-6-7-24-11-14(13)9-21(17)28/h2-9,11,15-16,20,22,25,28H,1,10H2/t15-,16+,20+,22+/m0/s1. The second-order valence-corrected chi connectivity index (χ2v) is 7.39. The molecule has 5 nitrogen and oxygen atoms in total. The normalized spacial score (nSPS) is 25.9. The van der Waals surface area contributed by atoms with Gasteiger partial charge >= 0.3 is 0 Å². The molecule has 6 heteroatoms. The highest BCUT2D eigenvalue weighted by Gasteiger charge is 2.40. The van der Waals surface area contributed by atoms with Gasteiger partial charge in [-0.25, -0.2) is 4.39 Å². The number of phenolic OH excluding ortho intramolecular Hbond substituents is 1. The minimum atomic E-state index is -1.03. The molecule has 0 aliphatic carbocycles. The average Bonchev–Trinajstić information content (AvgIpc) is 3.13. The van der Waals surface area contributed by atoms with Crippen LogP contribution in [0, 0.1) is 5.92 Å². The van der Waals surface area contributed by atoms with Crippen molar-refractivity contribution in [2.75, 3.05) is 0 Å². The Labute approximate surface area is 161 Å². The van der Waals surface area contributed by atoms with Gasteiger partial charge in [-0.3, -0.25) is 4.98 Å². The average molecular weight is 374 g/mol. The van der Waals surface area contributed by atoms with Crippen molar-refractivity contribution in [3.8, 4) is 17.0 Å². The monoisotopic (exact) mass is 374 g/mol. The summed E-state index contributed by atoms with van der Waals surface area (Å²) >= 11 is 0. The molecule has 2 bridgehead atoms. The first-order valence-corrected chi connectivity index (χ1v) is 9.28. The Morgan fingerprint density at radius 3 is 2.86 bits per heavy atom. The number of rotatable bonds is 3. The number of hydrogen-bond acceptors (Lipinski definition) is 5. The number of aromatic nitrogens is 3. The van der Waals surface area contributed by atoms with Gasteiger partial charge in [-0.05, 0) is 47.7 Å². The topological polar surface area (TPSA) is 70.9 Å². The van der Waals surface area contributed by atoms with Crippen LogP contribution in [0.5, 0.6) is 5.75 Å². The zero-order valence-electron chi connectivity index (χ0n) is 15.1. The molecule has 0 amide bonds. The molecule has 2 N–H and O–H groups in total. The van der Waals surface area contributed by atoms with Gasteiger partial charge in [-0.1, -0.05) is 18.7 Å². The Morgan fingerprint density at radius 2 is 2.04 bits per heavy atom. The van der Waals surface area contributed by atoms with E-state index in [9.17, 15) is 9.50 Å². The van der Waals surface area contributed by atoms with Gasteiger partial charge in [0.25, 0.3) is 0 Å². The summed E-state index contributed by atoms with van der Waals surface area (Å²) in [5.74, 6) is -0.167. The van der Waals surface area contributed by atoms with Crippen molar-refractivity contribution < 1.29 is 9.50 Å². The van der Waals surface area contributed by atoms with Gasteiger partial charge < -0.3 is 10.4 Å². The maximum absolute atomic E-state index is 14.8. The van der Waals surface area contributed by atoms with Gasteiger partial charge in [0.1, 0.15) is 11.9 Å². The van der Waals surface area contributed by atoms with Crippen LogP contribution in [0.1, 0.15) is 12.1 Å². The summed E-state index contributed by atoms with van der Waals surface area (Å²) in [4.78, 5) is 4.06. The summed E-state index contributed by atoms with van der Waals surface area (Å²) in [6.45, 7) is 4.10. The number of alkyl halides is 1. The maximum atomic E-state index is 14.8.